The number of carbonyl (C=O) groups is 1. The largest absolute Gasteiger partial charge is 0.418 e. The number of carbonyl (C=O) groups excluding carboxylic acids is 1. The van der Waals surface area contributed by atoms with E-state index in [0.717, 1.165) is 6.07 Å². The molecule has 2 fully saturated rings. The third kappa shape index (κ3) is 2.20. The zero-order chi connectivity index (χ0) is 18.7. The van der Waals surface area contributed by atoms with Gasteiger partial charge in [-0.25, -0.2) is 0 Å². The van der Waals surface area contributed by atoms with Crippen LogP contribution < -0.4 is 5.32 Å². The van der Waals surface area contributed by atoms with Gasteiger partial charge in [-0.15, -0.1) is 0 Å². The highest BCUT2D eigenvalue weighted by atomic mass is 19.4. The number of halogens is 3. The average Bonchev–Trinajstić information content (AvgIpc) is 2.84. The number of para-hydroxylation sites is 1. The number of rotatable bonds is 2. The van der Waals surface area contributed by atoms with E-state index in [1.165, 1.54) is 18.2 Å². The fourth-order valence-corrected chi connectivity index (χ4v) is 4.62. The van der Waals surface area contributed by atoms with Crippen molar-refractivity contribution in [2.24, 2.45) is 21.4 Å². The lowest BCUT2D eigenvalue weighted by Gasteiger charge is -2.39. The minimum atomic E-state index is -4.55. The molecule has 136 valence electrons. The van der Waals surface area contributed by atoms with Gasteiger partial charge in [0.25, 0.3) is 0 Å². The molecule has 2 N–H and O–H groups in total. The van der Waals surface area contributed by atoms with E-state index in [1.807, 2.05) is 20.8 Å². The van der Waals surface area contributed by atoms with Gasteiger partial charge in [0, 0.05) is 11.8 Å². The van der Waals surface area contributed by atoms with Gasteiger partial charge in [0.15, 0.2) is 0 Å². The average molecular weight is 354 g/mol. The summed E-state index contributed by atoms with van der Waals surface area (Å²) in [7, 11) is 0. The first-order valence-corrected chi connectivity index (χ1v) is 8.19. The molecular formula is C18H21F3N2O2. The first-order valence-electron chi connectivity index (χ1n) is 8.19. The van der Waals surface area contributed by atoms with E-state index in [4.69, 9.17) is 0 Å². The van der Waals surface area contributed by atoms with E-state index in [1.54, 1.807) is 0 Å². The van der Waals surface area contributed by atoms with Crippen molar-refractivity contribution < 1.29 is 23.2 Å². The van der Waals surface area contributed by atoms with Crippen molar-refractivity contribution in [2.45, 2.75) is 46.2 Å². The SMILES string of the molecule is CC12CCC(C(=O)Nc3ccccc3C(F)(F)F)(CC1=NO)C2(C)C. The van der Waals surface area contributed by atoms with Gasteiger partial charge >= 0.3 is 6.18 Å². The molecular weight excluding hydrogens is 333 g/mol. The molecule has 0 heterocycles. The van der Waals surface area contributed by atoms with E-state index in [-0.39, 0.29) is 12.1 Å². The third-order valence-electron chi connectivity index (χ3n) is 6.77. The highest BCUT2D eigenvalue weighted by molar-refractivity contribution is 6.06. The van der Waals surface area contributed by atoms with E-state index >= 15 is 0 Å². The van der Waals surface area contributed by atoms with Gasteiger partial charge in [-0.3, -0.25) is 4.79 Å². The second kappa shape index (κ2) is 5.22. The fourth-order valence-electron chi connectivity index (χ4n) is 4.62. The zero-order valence-corrected chi connectivity index (χ0v) is 14.4. The normalized spacial score (nSPS) is 32.2. The molecule has 1 aromatic carbocycles. The van der Waals surface area contributed by atoms with Crippen LogP contribution in [-0.2, 0) is 11.0 Å². The number of oxime groups is 1. The lowest BCUT2D eigenvalue weighted by Crippen LogP contribution is -2.43. The zero-order valence-electron chi connectivity index (χ0n) is 14.4. The van der Waals surface area contributed by atoms with Crippen molar-refractivity contribution >= 4 is 17.3 Å². The Balaban J connectivity index is 1.99. The summed E-state index contributed by atoms with van der Waals surface area (Å²) < 4.78 is 39.6. The summed E-state index contributed by atoms with van der Waals surface area (Å²) >= 11 is 0. The summed E-state index contributed by atoms with van der Waals surface area (Å²) in [4.78, 5) is 13.1. The number of anilines is 1. The van der Waals surface area contributed by atoms with Crippen molar-refractivity contribution in [2.75, 3.05) is 5.32 Å². The number of hydrogen-bond donors (Lipinski definition) is 2. The maximum atomic E-state index is 13.2. The maximum absolute atomic E-state index is 13.2. The van der Waals surface area contributed by atoms with Crippen LogP contribution >= 0.6 is 0 Å². The minimum Gasteiger partial charge on any atom is -0.411 e. The van der Waals surface area contributed by atoms with Gasteiger partial charge in [0.05, 0.1) is 22.4 Å². The van der Waals surface area contributed by atoms with Gasteiger partial charge in [-0.2, -0.15) is 13.2 Å². The Morgan fingerprint density at radius 1 is 1.20 bits per heavy atom. The van der Waals surface area contributed by atoms with Crippen molar-refractivity contribution in [1.82, 2.24) is 0 Å². The predicted octanol–water partition coefficient (Wildman–Crippen LogP) is 4.69. The molecule has 0 aliphatic heterocycles. The number of hydrogen-bond acceptors (Lipinski definition) is 3. The molecule has 2 atom stereocenters. The number of fused-ring (bicyclic) bond motifs is 2. The van der Waals surface area contributed by atoms with Gasteiger partial charge in [0.1, 0.15) is 0 Å². The fraction of sp³-hybridized carbons (Fsp3) is 0.556. The van der Waals surface area contributed by atoms with Crippen LogP contribution in [-0.4, -0.2) is 16.8 Å². The van der Waals surface area contributed by atoms with E-state index in [2.05, 4.69) is 10.5 Å². The number of nitrogens with zero attached hydrogens (tertiary/aromatic N) is 1. The minimum absolute atomic E-state index is 0.242. The van der Waals surface area contributed by atoms with Crippen molar-refractivity contribution in [1.29, 1.82) is 0 Å². The summed E-state index contributed by atoms with van der Waals surface area (Å²) in [6, 6.07) is 4.96. The monoisotopic (exact) mass is 354 g/mol. The van der Waals surface area contributed by atoms with Crippen molar-refractivity contribution in [3.63, 3.8) is 0 Å². The molecule has 0 radical (unpaired) electrons. The Bertz CT molecular complexity index is 757. The molecule has 0 saturated heterocycles. The molecule has 2 aliphatic carbocycles. The summed E-state index contributed by atoms with van der Waals surface area (Å²) in [5.41, 5.74) is -2.42. The highest BCUT2D eigenvalue weighted by Gasteiger charge is 2.71. The molecule has 2 aliphatic rings. The lowest BCUT2D eigenvalue weighted by molar-refractivity contribution is -0.137. The van der Waals surface area contributed by atoms with Crippen molar-refractivity contribution in [3.05, 3.63) is 29.8 Å². The second-order valence-corrected chi connectivity index (χ2v) is 7.76. The quantitative estimate of drug-likeness (QED) is 0.598. The summed E-state index contributed by atoms with van der Waals surface area (Å²) in [5, 5.41) is 15.2. The molecule has 1 amide bonds. The number of nitrogens with one attached hydrogen (secondary N) is 1. The summed E-state index contributed by atoms with van der Waals surface area (Å²) in [6.45, 7) is 5.80. The smallest absolute Gasteiger partial charge is 0.411 e. The van der Waals surface area contributed by atoms with Gasteiger partial charge in [-0.05, 0) is 30.4 Å². The first kappa shape index (κ1) is 17.8. The Morgan fingerprint density at radius 3 is 2.40 bits per heavy atom. The van der Waals surface area contributed by atoms with Crippen LogP contribution in [0.3, 0.4) is 0 Å². The third-order valence-corrected chi connectivity index (χ3v) is 6.77. The van der Waals surface area contributed by atoms with Crippen LogP contribution in [0, 0.1) is 16.2 Å². The molecule has 0 aromatic heterocycles. The van der Waals surface area contributed by atoms with Crippen LogP contribution in [0.15, 0.2) is 29.4 Å². The first-order chi connectivity index (χ1) is 11.5. The molecule has 2 saturated carbocycles. The summed E-state index contributed by atoms with van der Waals surface area (Å²) in [6.07, 6.45) is -3.08. The van der Waals surface area contributed by atoms with Gasteiger partial charge in [-0.1, -0.05) is 38.1 Å². The number of alkyl halides is 3. The van der Waals surface area contributed by atoms with E-state index in [0.29, 0.717) is 18.6 Å². The molecule has 1 aromatic rings. The van der Waals surface area contributed by atoms with Gasteiger partial charge in [0.2, 0.25) is 5.91 Å². The molecule has 0 spiro atoms. The number of benzene rings is 1. The molecule has 4 nitrogen and oxygen atoms in total. The lowest BCUT2D eigenvalue weighted by atomic mass is 9.64. The molecule has 2 bridgehead atoms. The summed E-state index contributed by atoms with van der Waals surface area (Å²) in [5.74, 6) is -0.448. The Morgan fingerprint density at radius 2 is 1.84 bits per heavy atom. The molecule has 2 unspecified atom stereocenters. The van der Waals surface area contributed by atoms with E-state index < -0.39 is 33.9 Å². The Hall–Kier alpha value is -2.05. The van der Waals surface area contributed by atoms with Crippen LogP contribution in [0.2, 0.25) is 0 Å². The number of amides is 1. The standard InChI is InChI=1S/C18H21F3N2O2/c1-15(2)16(3)8-9-17(15,10-13(16)23-25)14(24)22-12-7-5-4-6-11(12)18(19,20)21/h4-7,25H,8-10H2,1-3H3,(H,22,24). The van der Waals surface area contributed by atoms with Crippen LogP contribution in [0.4, 0.5) is 18.9 Å². The molecule has 25 heavy (non-hydrogen) atoms. The maximum Gasteiger partial charge on any atom is 0.418 e. The topological polar surface area (TPSA) is 61.7 Å². The highest BCUT2D eigenvalue weighted by Crippen LogP contribution is 2.71. The van der Waals surface area contributed by atoms with Crippen LogP contribution in [0.5, 0.6) is 0 Å². The Kier molecular flexibility index (Phi) is 3.71. The van der Waals surface area contributed by atoms with Crippen molar-refractivity contribution in [3.8, 4) is 0 Å². The molecule has 7 heteroatoms. The van der Waals surface area contributed by atoms with Crippen LogP contribution in [0.1, 0.15) is 45.6 Å². The molecule has 3 rings (SSSR count). The Labute approximate surface area is 144 Å². The van der Waals surface area contributed by atoms with Gasteiger partial charge < -0.3 is 10.5 Å². The van der Waals surface area contributed by atoms with E-state index in [9.17, 15) is 23.2 Å². The van der Waals surface area contributed by atoms with Crippen LogP contribution in [0.25, 0.3) is 0 Å². The second-order valence-electron chi connectivity index (χ2n) is 7.76. The predicted molar refractivity (Wildman–Crippen MR) is 87.5 cm³/mol.